The van der Waals surface area contributed by atoms with E-state index in [2.05, 4.69) is 17.4 Å². The SMILES string of the molecule is O=C(NCC1(c2ccccc2)CCCC1)c1sccc1S(=O)(=O)N1CCOCC1. The van der Waals surface area contributed by atoms with E-state index in [1.54, 1.807) is 5.38 Å². The van der Waals surface area contributed by atoms with Crippen molar-refractivity contribution in [1.82, 2.24) is 9.62 Å². The molecule has 1 saturated carbocycles. The minimum atomic E-state index is -3.70. The van der Waals surface area contributed by atoms with Crippen molar-refractivity contribution in [2.45, 2.75) is 36.0 Å². The molecule has 2 heterocycles. The van der Waals surface area contributed by atoms with Gasteiger partial charge in [-0.2, -0.15) is 4.31 Å². The van der Waals surface area contributed by atoms with E-state index >= 15 is 0 Å². The van der Waals surface area contributed by atoms with Gasteiger partial charge in [0.1, 0.15) is 9.77 Å². The Hall–Kier alpha value is -1.74. The number of hydrogen-bond donors (Lipinski definition) is 1. The standard InChI is InChI=1S/C21H26N2O4S2/c24-20(22-16-21(9-4-5-10-21)17-6-2-1-3-7-17)19-18(8-15-28-19)29(25,26)23-11-13-27-14-12-23/h1-3,6-8,15H,4-5,9-14,16H2,(H,22,24). The lowest BCUT2D eigenvalue weighted by Gasteiger charge is -2.30. The Bertz CT molecular complexity index is 944. The Morgan fingerprint density at radius 1 is 1.10 bits per heavy atom. The highest BCUT2D eigenvalue weighted by Gasteiger charge is 2.37. The van der Waals surface area contributed by atoms with Gasteiger partial charge in [0.05, 0.1) is 13.2 Å². The summed E-state index contributed by atoms with van der Waals surface area (Å²) in [5.41, 5.74) is 1.17. The summed E-state index contributed by atoms with van der Waals surface area (Å²) >= 11 is 1.18. The van der Waals surface area contributed by atoms with Crippen LogP contribution in [0.15, 0.2) is 46.7 Å². The van der Waals surface area contributed by atoms with Crippen LogP contribution in [0.25, 0.3) is 0 Å². The monoisotopic (exact) mass is 434 g/mol. The maximum atomic E-state index is 13.0. The second-order valence-electron chi connectivity index (χ2n) is 7.67. The zero-order valence-corrected chi connectivity index (χ0v) is 17.9. The Morgan fingerprint density at radius 3 is 2.48 bits per heavy atom. The summed E-state index contributed by atoms with van der Waals surface area (Å²) in [5, 5.41) is 4.72. The smallest absolute Gasteiger partial charge is 0.262 e. The highest BCUT2D eigenvalue weighted by Crippen LogP contribution is 2.40. The first-order valence-corrected chi connectivity index (χ1v) is 12.3. The third-order valence-electron chi connectivity index (χ3n) is 5.96. The molecule has 2 aromatic rings. The summed E-state index contributed by atoms with van der Waals surface area (Å²) < 4.78 is 32.7. The van der Waals surface area contributed by atoms with E-state index in [9.17, 15) is 13.2 Å². The third-order valence-corrected chi connectivity index (χ3v) is 8.94. The average molecular weight is 435 g/mol. The second kappa shape index (κ2) is 8.55. The van der Waals surface area contributed by atoms with Crippen molar-refractivity contribution in [2.24, 2.45) is 0 Å². The molecule has 0 bridgehead atoms. The molecule has 1 saturated heterocycles. The highest BCUT2D eigenvalue weighted by molar-refractivity contribution is 7.89. The summed E-state index contributed by atoms with van der Waals surface area (Å²) in [6, 6.07) is 11.8. The molecule has 0 atom stereocenters. The van der Waals surface area contributed by atoms with Crippen LogP contribution < -0.4 is 5.32 Å². The number of nitrogens with one attached hydrogen (secondary N) is 1. The van der Waals surface area contributed by atoms with Crippen LogP contribution in [0.4, 0.5) is 0 Å². The van der Waals surface area contributed by atoms with E-state index in [-0.39, 0.29) is 21.1 Å². The molecular weight excluding hydrogens is 408 g/mol. The lowest BCUT2D eigenvalue weighted by Crippen LogP contribution is -2.42. The Morgan fingerprint density at radius 2 is 1.79 bits per heavy atom. The van der Waals surface area contributed by atoms with Crippen LogP contribution in [0.2, 0.25) is 0 Å². The minimum Gasteiger partial charge on any atom is -0.379 e. The Kier molecular flexibility index (Phi) is 6.06. The summed E-state index contributed by atoms with van der Waals surface area (Å²) in [7, 11) is -3.70. The molecule has 4 rings (SSSR count). The number of rotatable bonds is 6. The van der Waals surface area contributed by atoms with Crippen LogP contribution >= 0.6 is 11.3 Å². The quantitative estimate of drug-likeness (QED) is 0.758. The van der Waals surface area contributed by atoms with Gasteiger partial charge in [0.15, 0.2) is 0 Å². The van der Waals surface area contributed by atoms with Crippen molar-refractivity contribution in [3.05, 3.63) is 52.2 Å². The fourth-order valence-corrected chi connectivity index (χ4v) is 7.06. The van der Waals surface area contributed by atoms with Gasteiger partial charge in [0, 0.05) is 25.0 Å². The summed E-state index contributed by atoms with van der Waals surface area (Å²) in [6.45, 7) is 1.91. The predicted molar refractivity (Wildman–Crippen MR) is 113 cm³/mol. The van der Waals surface area contributed by atoms with Gasteiger partial charge in [-0.05, 0) is 29.9 Å². The molecule has 1 aliphatic carbocycles. The number of sulfonamides is 1. The van der Waals surface area contributed by atoms with Crippen LogP contribution in [0, 0.1) is 0 Å². The summed E-state index contributed by atoms with van der Waals surface area (Å²) in [5.74, 6) is -0.311. The Labute approximate surface area is 175 Å². The molecule has 1 amide bonds. The molecular formula is C21H26N2O4S2. The van der Waals surface area contributed by atoms with Crippen LogP contribution in [-0.4, -0.2) is 51.5 Å². The van der Waals surface area contributed by atoms with Crippen molar-refractivity contribution in [2.75, 3.05) is 32.8 Å². The van der Waals surface area contributed by atoms with Gasteiger partial charge in [0.25, 0.3) is 5.91 Å². The van der Waals surface area contributed by atoms with Crippen molar-refractivity contribution < 1.29 is 17.9 Å². The zero-order chi connectivity index (χ0) is 20.3. The molecule has 1 aromatic carbocycles. The number of ether oxygens (including phenoxy) is 1. The fraction of sp³-hybridized carbons (Fsp3) is 0.476. The van der Waals surface area contributed by atoms with E-state index < -0.39 is 10.0 Å². The molecule has 2 aliphatic rings. The van der Waals surface area contributed by atoms with Crippen LogP contribution in [0.1, 0.15) is 40.9 Å². The topological polar surface area (TPSA) is 75.7 Å². The fourth-order valence-electron chi connectivity index (χ4n) is 4.33. The van der Waals surface area contributed by atoms with E-state index in [4.69, 9.17) is 4.74 Å². The molecule has 2 fully saturated rings. The van der Waals surface area contributed by atoms with Crippen LogP contribution in [0.5, 0.6) is 0 Å². The number of amides is 1. The largest absolute Gasteiger partial charge is 0.379 e. The summed E-state index contributed by atoms with van der Waals surface area (Å²) in [6.07, 6.45) is 4.34. The van der Waals surface area contributed by atoms with Gasteiger partial charge < -0.3 is 10.1 Å². The Balaban J connectivity index is 1.52. The second-order valence-corrected chi connectivity index (χ2v) is 10.5. The van der Waals surface area contributed by atoms with Gasteiger partial charge in [-0.3, -0.25) is 4.79 Å². The van der Waals surface area contributed by atoms with Gasteiger partial charge >= 0.3 is 0 Å². The maximum Gasteiger partial charge on any atom is 0.262 e. The van der Waals surface area contributed by atoms with Crippen LogP contribution in [-0.2, 0) is 20.2 Å². The maximum absolute atomic E-state index is 13.0. The first-order chi connectivity index (χ1) is 14.0. The van der Waals surface area contributed by atoms with Gasteiger partial charge in [-0.1, -0.05) is 43.2 Å². The molecule has 1 N–H and O–H groups in total. The van der Waals surface area contributed by atoms with E-state index in [0.717, 1.165) is 25.7 Å². The first kappa shape index (κ1) is 20.5. The molecule has 8 heteroatoms. The number of nitrogens with zero attached hydrogens (tertiary/aromatic N) is 1. The zero-order valence-electron chi connectivity index (χ0n) is 16.3. The number of hydrogen-bond acceptors (Lipinski definition) is 5. The van der Waals surface area contributed by atoms with Crippen molar-refractivity contribution in [3.8, 4) is 0 Å². The molecule has 6 nitrogen and oxygen atoms in total. The molecule has 0 spiro atoms. The van der Waals surface area contributed by atoms with E-state index in [1.807, 2.05) is 18.2 Å². The molecule has 1 aromatic heterocycles. The number of benzene rings is 1. The van der Waals surface area contributed by atoms with E-state index in [1.165, 1.54) is 27.3 Å². The third kappa shape index (κ3) is 4.12. The number of thiophene rings is 1. The lowest BCUT2D eigenvalue weighted by molar-refractivity contribution is 0.0730. The molecule has 1 aliphatic heterocycles. The molecule has 0 unspecified atom stereocenters. The van der Waals surface area contributed by atoms with Crippen LogP contribution in [0.3, 0.4) is 0 Å². The molecule has 156 valence electrons. The highest BCUT2D eigenvalue weighted by atomic mass is 32.2. The lowest BCUT2D eigenvalue weighted by atomic mass is 9.79. The van der Waals surface area contributed by atoms with Crippen molar-refractivity contribution in [1.29, 1.82) is 0 Å². The predicted octanol–water partition coefficient (Wildman–Crippen LogP) is 3.01. The first-order valence-electron chi connectivity index (χ1n) is 10.0. The number of carbonyl (C=O) groups is 1. The summed E-state index contributed by atoms with van der Waals surface area (Å²) in [4.78, 5) is 13.3. The van der Waals surface area contributed by atoms with Gasteiger partial charge in [-0.25, -0.2) is 8.42 Å². The molecule has 29 heavy (non-hydrogen) atoms. The minimum absolute atomic E-state index is 0.0720. The normalized spacial score (nSPS) is 19.9. The van der Waals surface area contributed by atoms with Crippen molar-refractivity contribution >= 4 is 27.3 Å². The number of morpholine rings is 1. The average Bonchev–Trinajstić information content (AvgIpc) is 3.44. The van der Waals surface area contributed by atoms with Crippen molar-refractivity contribution in [3.63, 3.8) is 0 Å². The van der Waals surface area contributed by atoms with Gasteiger partial charge in [0.2, 0.25) is 10.0 Å². The number of carbonyl (C=O) groups excluding carboxylic acids is 1. The van der Waals surface area contributed by atoms with Gasteiger partial charge in [-0.15, -0.1) is 11.3 Å². The molecule has 0 radical (unpaired) electrons. The van der Waals surface area contributed by atoms with E-state index in [0.29, 0.717) is 32.8 Å².